The average Bonchev–Trinajstić information content (AvgIpc) is 3.03. The van der Waals surface area contributed by atoms with E-state index in [-0.39, 0.29) is 30.4 Å². The Hall–Kier alpha value is -1.10. The van der Waals surface area contributed by atoms with Gasteiger partial charge in [0.05, 0.1) is 5.92 Å². The number of carbonyl (C=O) groups is 2. The Balaban J connectivity index is 1.79. The van der Waals surface area contributed by atoms with Crippen LogP contribution in [0.3, 0.4) is 0 Å². The molecule has 1 aliphatic carbocycles. The van der Waals surface area contributed by atoms with E-state index in [0.29, 0.717) is 25.3 Å². The van der Waals surface area contributed by atoms with E-state index in [4.69, 9.17) is 5.11 Å². The van der Waals surface area contributed by atoms with E-state index < -0.39 is 0 Å². The molecule has 0 radical (unpaired) electrons. The number of aliphatic hydroxyl groups excluding tert-OH is 1. The van der Waals surface area contributed by atoms with Gasteiger partial charge in [-0.2, -0.15) is 0 Å². The molecule has 1 saturated carbocycles. The minimum absolute atomic E-state index is 0.0323. The minimum Gasteiger partial charge on any atom is -0.396 e. The average molecular weight is 254 g/mol. The Morgan fingerprint density at radius 1 is 1.56 bits per heavy atom. The van der Waals surface area contributed by atoms with Crippen molar-refractivity contribution in [2.45, 2.75) is 38.6 Å². The molecular weight excluding hydrogens is 232 g/mol. The number of nitrogens with one attached hydrogen (secondary N) is 1. The monoisotopic (exact) mass is 254 g/mol. The van der Waals surface area contributed by atoms with E-state index in [2.05, 4.69) is 5.32 Å². The number of aliphatic hydroxyl groups is 1. The van der Waals surface area contributed by atoms with Crippen LogP contribution in [0, 0.1) is 11.8 Å². The molecule has 0 spiro atoms. The molecule has 18 heavy (non-hydrogen) atoms. The van der Waals surface area contributed by atoms with E-state index in [9.17, 15) is 9.59 Å². The van der Waals surface area contributed by atoms with Gasteiger partial charge in [-0.3, -0.25) is 9.59 Å². The molecule has 1 heterocycles. The van der Waals surface area contributed by atoms with Gasteiger partial charge in [-0.25, -0.2) is 0 Å². The highest BCUT2D eigenvalue weighted by Gasteiger charge is 2.37. The highest BCUT2D eigenvalue weighted by atomic mass is 16.3. The first-order valence-electron chi connectivity index (χ1n) is 6.79. The third-order valence-electron chi connectivity index (χ3n) is 3.71. The van der Waals surface area contributed by atoms with E-state index >= 15 is 0 Å². The van der Waals surface area contributed by atoms with Crippen molar-refractivity contribution in [3.8, 4) is 0 Å². The molecule has 0 aromatic carbocycles. The second-order valence-corrected chi connectivity index (χ2v) is 5.57. The smallest absolute Gasteiger partial charge is 0.225 e. The van der Waals surface area contributed by atoms with Crippen LogP contribution in [0.4, 0.5) is 0 Å². The molecule has 5 nitrogen and oxygen atoms in total. The molecule has 2 N–H and O–H groups in total. The predicted molar refractivity (Wildman–Crippen MR) is 66.7 cm³/mol. The largest absolute Gasteiger partial charge is 0.396 e. The molecule has 102 valence electrons. The van der Waals surface area contributed by atoms with Gasteiger partial charge in [0.25, 0.3) is 0 Å². The highest BCUT2D eigenvalue weighted by molar-refractivity contribution is 5.89. The second-order valence-electron chi connectivity index (χ2n) is 5.57. The van der Waals surface area contributed by atoms with Gasteiger partial charge < -0.3 is 15.3 Å². The van der Waals surface area contributed by atoms with E-state index in [1.54, 1.807) is 0 Å². The Kier molecular flexibility index (Phi) is 4.22. The fourth-order valence-corrected chi connectivity index (χ4v) is 2.36. The van der Waals surface area contributed by atoms with Gasteiger partial charge in [0.2, 0.25) is 11.8 Å². The van der Waals surface area contributed by atoms with Crippen molar-refractivity contribution in [2.75, 3.05) is 19.7 Å². The van der Waals surface area contributed by atoms with Gasteiger partial charge in [0.15, 0.2) is 0 Å². The summed E-state index contributed by atoms with van der Waals surface area (Å²) in [7, 11) is 0. The number of amides is 2. The molecule has 0 aromatic heterocycles. The van der Waals surface area contributed by atoms with Crippen LogP contribution in [0.1, 0.15) is 32.6 Å². The first kappa shape index (κ1) is 13.3. The summed E-state index contributed by atoms with van der Waals surface area (Å²) in [5.41, 5.74) is 0. The molecule has 1 saturated heterocycles. The van der Waals surface area contributed by atoms with Crippen LogP contribution in [0.15, 0.2) is 0 Å². The SMILES string of the molecule is CC(CCO)NC(=O)C1CC(=O)N(CC2CC2)C1. The highest BCUT2D eigenvalue weighted by Crippen LogP contribution is 2.31. The van der Waals surface area contributed by atoms with Crippen LogP contribution in [0.25, 0.3) is 0 Å². The van der Waals surface area contributed by atoms with Crippen molar-refractivity contribution < 1.29 is 14.7 Å². The number of hydrogen-bond donors (Lipinski definition) is 2. The van der Waals surface area contributed by atoms with Crippen molar-refractivity contribution in [2.24, 2.45) is 11.8 Å². The maximum atomic E-state index is 12.0. The molecule has 2 aliphatic rings. The van der Waals surface area contributed by atoms with Crippen LogP contribution in [-0.4, -0.2) is 47.6 Å². The van der Waals surface area contributed by atoms with Gasteiger partial charge in [0, 0.05) is 32.2 Å². The fourth-order valence-electron chi connectivity index (χ4n) is 2.36. The maximum Gasteiger partial charge on any atom is 0.225 e. The van der Waals surface area contributed by atoms with Crippen LogP contribution < -0.4 is 5.32 Å². The van der Waals surface area contributed by atoms with Gasteiger partial charge >= 0.3 is 0 Å². The zero-order chi connectivity index (χ0) is 13.1. The lowest BCUT2D eigenvalue weighted by Crippen LogP contribution is -2.39. The van der Waals surface area contributed by atoms with Crippen LogP contribution in [0.5, 0.6) is 0 Å². The Morgan fingerprint density at radius 3 is 2.89 bits per heavy atom. The summed E-state index contributed by atoms with van der Waals surface area (Å²) in [6, 6.07) is -0.0323. The predicted octanol–water partition coefficient (Wildman–Crippen LogP) is 0.132. The lowest BCUT2D eigenvalue weighted by Gasteiger charge is -2.17. The molecule has 2 fully saturated rings. The Morgan fingerprint density at radius 2 is 2.28 bits per heavy atom. The molecular formula is C13H22N2O3. The van der Waals surface area contributed by atoms with Crippen molar-refractivity contribution in [1.29, 1.82) is 0 Å². The second kappa shape index (κ2) is 5.69. The van der Waals surface area contributed by atoms with Crippen molar-refractivity contribution >= 4 is 11.8 Å². The summed E-state index contributed by atoms with van der Waals surface area (Å²) in [5.74, 6) is 0.515. The van der Waals surface area contributed by atoms with Gasteiger partial charge in [-0.15, -0.1) is 0 Å². The minimum atomic E-state index is -0.211. The van der Waals surface area contributed by atoms with Crippen molar-refractivity contribution in [3.05, 3.63) is 0 Å². The third-order valence-corrected chi connectivity index (χ3v) is 3.71. The van der Waals surface area contributed by atoms with Crippen LogP contribution >= 0.6 is 0 Å². The van der Waals surface area contributed by atoms with Crippen molar-refractivity contribution in [1.82, 2.24) is 10.2 Å². The molecule has 5 heteroatoms. The molecule has 0 aromatic rings. The summed E-state index contributed by atoms with van der Waals surface area (Å²) in [6.45, 7) is 3.33. The Bertz CT molecular complexity index is 328. The summed E-state index contributed by atoms with van der Waals surface area (Å²) in [6.07, 6.45) is 3.32. The standard InChI is InChI=1S/C13H22N2O3/c1-9(4-5-16)14-13(18)11-6-12(17)15(8-11)7-10-2-3-10/h9-11,16H,2-8H2,1H3,(H,14,18). The van der Waals surface area contributed by atoms with Crippen molar-refractivity contribution in [3.63, 3.8) is 0 Å². The molecule has 0 bridgehead atoms. The van der Waals surface area contributed by atoms with E-state index in [1.165, 1.54) is 12.8 Å². The Labute approximate surface area is 108 Å². The number of likely N-dealkylation sites (tertiary alicyclic amines) is 1. The quantitative estimate of drug-likeness (QED) is 0.708. The number of carbonyl (C=O) groups excluding carboxylic acids is 2. The third kappa shape index (κ3) is 3.45. The summed E-state index contributed by atoms with van der Waals surface area (Å²) in [4.78, 5) is 25.6. The normalized spacial score (nSPS) is 25.3. The topological polar surface area (TPSA) is 69.6 Å². The zero-order valence-corrected chi connectivity index (χ0v) is 10.9. The van der Waals surface area contributed by atoms with Crippen LogP contribution in [-0.2, 0) is 9.59 Å². The number of hydrogen-bond acceptors (Lipinski definition) is 3. The molecule has 2 unspecified atom stereocenters. The van der Waals surface area contributed by atoms with E-state index in [1.807, 2.05) is 11.8 Å². The fraction of sp³-hybridized carbons (Fsp3) is 0.846. The summed E-state index contributed by atoms with van der Waals surface area (Å²) < 4.78 is 0. The van der Waals surface area contributed by atoms with Gasteiger partial charge in [-0.1, -0.05) is 0 Å². The first-order chi connectivity index (χ1) is 8.60. The number of nitrogens with zero attached hydrogens (tertiary/aromatic N) is 1. The maximum absolute atomic E-state index is 12.0. The summed E-state index contributed by atoms with van der Waals surface area (Å²) >= 11 is 0. The first-order valence-corrected chi connectivity index (χ1v) is 6.79. The van der Waals surface area contributed by atoms with Gasteiger partial charge in [0.1, 0.15) is 0 Å². The lowest BCUT2D eigenvalue weighted by atomic mass is 10.1. The molecule has 2 atom stereocenters. The lowest BCUT2D eigenvalue weighted by molar-refractivity contribution is -0.129. The van der Waals surface area contributed by atoms with Gasteiger partial charge in [-0.05, 0) is 32.1 Å². The zero-order valence-electron chi connectivity index (χ0n) is 10.9. The number of rotatable bonds is 6. The molecule has 1 aliphatic heterocycles. The summed E-state index contributed by atoms with van der Waals surface area (Å²) in [5, 5.41) is 11.6. The van der Waals surface area contributed by atoms with E-state index in [0.717, 1.165) is 6.54 Å². The molecule has 2 rings (SSSR count). The molecule has 2 amide bonds. The van der Waals surface area contributed by atoms with Crippen LogP contribution in [0.2, 0.25) is 0 Å².